The smallest absolute Gasteiger partial charge is 0.251 e. The molecule has 1 amide bonds. The Morgan fingerprint density at radius 1 is 0.938 bits per heavy atom. The van der Waals surface area contributed by atoms with E-state index in [0.29, 0.717) is 23.6 Å². The van der Waals surface area contributed by atoms with Gasteiger partial charge in [0.25, 0.3) is 5.91 Å². The fourth-order valence-electron chi connectivity index (χ4n) is 3.40. The molecule has 4 aromatic rings. The molecular formula is C26H24N2O3S. The summed E-state index contributed by atoms with van der Waals surface area (Å²) in [6.45, 7) is 2.41. The first-order valence-corrected chi connectivity index (χ1v) is 11.1. The molecule has 0 aliphatic heterocycles. The molecule has 0 saturated heterocycles. The SMILES string of the molecule is COc1ccc(-c2csc(-c3ccc(CNC(=O)c4ccccc4C)cc3)n2)cc1OC. The van der Waals surface area contributed by atoms with Gasteiger partial charge in [0.2, 0.25) is 0 Å². The summed E-state index contributed by atoms with van der Waals surface area (Å²) in [5.74, 6) is 1.31. The molecule has 0 spiro atoms. The minimum Gasteiger partial charge on any atom is -0.493 e. The quantitative estimate of drug-likeness (QED) is 0.395. The second kappa shape index (κ2) is 9.66. The van der Waals surface area contributed by atoms with E-state index in [1.165, 1.54) is 0 Å². The predicted octanol–water partition coefficient (Wildman–Crippen LogP) is 5.73. The third kappa shape index (κ3) is 4.65. The molecule has 1 aromatic heterocycles. The zero-order valence-electron chi connectivity index (χ0n) is 18.2. The first kappa shape index (κ1) is 21.6. The average Bonchev–Trinajstić information content (AvgIpc) is 3.33. The first-order valence-electron chi connectivity index (χ1n) is 10.2. The van der Waals surface area contributed by atoms with Crippen LogP contribution in [0.15, 0.2) is 72.1 Å². The number of hydrogen-bond donors (Lipinski definition) is 1. The summed E-state index contributed by atoms with van der Waals surface area (Å²) in [5.41, 5.74) is 5.60. The van der Waals surface area contributed by atoms with Crippen molar-refractivity contribution in [1.29, 1.82) is 0 Å². The van der Waals surface area contributed by atoms with Crippen LogP contribution in [-0.4, -0.2) is 25.1 Å². The Kier molecular flexibility index (Phi) is 6.52. The highest BCUT2D eigenvalue weighted by Crippen LogP contribution is 2.34. The largest absolute Gasteiger partial charge is 0.493 e. The number of aromatic nitrogens is 1. The van der Waals surface area contributed by atoms with Crippen LogP contribution >= 0.6 is 11.3 Å². The molecule has 5 nitrogen and oxygen atoms in total. The molecule has 0 aliphatic carbocycles. The Bertz CT molecular complexity index is 1230. The molecule has 3 aromatic carbocycles. The van der Waals surface area contributed by atoms with Crippen molar-refractivity contribution in [2.75, 3.05) is 14.2 Å². The molecule has 162 valence electrons. The molecule has 0 radical (unpaired) electrons. The van der Waals surface area contributed by atoms with Crippen molar-refractivity contribution >= 4 is 17.2 Å². The van der Waals surface area contributed by atoms with Gasteiger partial charge in [-0.05, 0) is 42.3 Å². The van der Waals surface area contributed by atoms with Gasteiger partial charge in [-0.1, -0.05) is 42.5 Å². The van der Waals surface area contributed by atoms with Crippen LogP contribution in [0.3, 0.4) is 0 Å². The van der Waals surface area contributed by atoms with Gasteiger partial charge in [-0.25, -0.2) is 4.98 Å². The lowest BCUT2D eigenvalue weighted by atomic mass is 10.1. The van der Waals surface area contributed by atoms with Gasteiger partial charge in [0, 0.05) is 28.6 Å². The van der Waals surface area contributed by atoms with Crippen LogP contribution in [-0.2, 0) is 6.54 Å². The molecule has 1 N–H and O–H groups in total. The van der Waals surface area contributed by atoms with Crippen LogP contribution in [0.5, 0.6) is 11.5 Å². The van der Waals surface area contributed by atoms with Crippen LogP contribution in [0.2, 0.25) is 0 Å². The molecule has 0 fully saturated rings. The molecular weight excluding hydrogens is 420 g/mol. The van der Waals surface area contributed by atoms with Gasteiger partial charge < -0.3 is 14.8 Å². The lowest BCUT2D eigenvalue weighted by Gasteiger charge is -2.08. The van der Waals surface area contributed by atoms with E-state index in [9.17, 15) is 4.79 Å². The maximum atomic E-state index is 12.4. The number of rotatable bonds is 7. The second-order valence-corrected chi connectivity index (χ2v) is 8.16. The number of carbonyl (C=O) groups excluding carboxylic acids is 1. The number of aryl methyl sites for hydroxylation is 1. The number of carbonyl (C=O) groups is 1. The number of thiazole rings is 1. The van der Waals surface area contributed by atoms with E-state index in [-0.39, 0.29) is 5.91 Å². The van der Waals surface area contributed by atoms with Crippen LogP contribution in [0.25, 0.3) is 21.8 Å². The molecule has 0 aliphatic rings. The summed E-state index contributed by atoms with van der Waals surface area (Å²) < 4.78 is 10.7. The lowest BCUT2D eigenvalue weighted by Crippen LogP contribution is -2.23. The van der Waals surface area contributed by atoms with Crippen molar-refractivity contribution in [3.05, 3.63) is 88.8 Å². The van der Waals surface area contributed by atoms with Crippen molar-refractivity contribution in [1.82, 2.24) is 10.3 Å². The molecule has 0 unspecified atom stereocenters. The fraction of sp³-hybridized carbons (Fsp3) is 0.154. The van der Waals surface area contributed by atoms with Gasteiger partial charge in [0.15, 0.2) is 11.5 Å². The van der Waals surface area contributed by atoms with E-state index in [2.05, 4.69) is 5.32 Å². The first-order chi connectivity index (χ1) is 15.6. The molecule has 4 rings (SSSR count). The van der Waals surface area contributed by atoms with Gasteiger partial charge in [0.05, 0.1) is 19.9 Å². The Hall–Kier alpha value is -3.64. The van der Waals surface area contributed by atoms with E-state index < -0.39 is 0 Å². The van der Waals surface area contributed by atoms with Crippen LogP contribution < -0.4 is 14.8 Å². The summed E-state index contributed by atoms with van der Waals surface area (Å²) in [6, 6.07) is 21.5. The zero-order valence-corrected chi connectivity index (χ0v) is 19.0. The number of nitrogens with one attached hydrogen (secondary N) is 1. The highest BCUT2D eigenvalue weighted by atomic mass is 32.1. The van der Waals surface area contributed by atoms with Gasteiger partial charge in [-0.2, -0.15) is 0 Å². The second-order valence-electron chi connectivity index (χ2n) is 7.30. The van der Waals surface area contributed by atoms with Crippen molar-refractivity contribution in [2.45, 2.75) is 13.5 Å². The number of hydrogen-bond acceptors (Lipinski definition) is 5. The third-order valence-corrected chi connectivity index (χ3v) is 6.12. The monoisotopic (exact) mass is 444 g/mol. The lowest BCUT2D eigenvalue weighted by molar-refractivity contribution is 0.0950. The van der Waals surface area contributed by atoms with Crippen molar-refractivity contribution in [3.63, 3.8) is 0 Å². The molecule has 0 saturated carbocycles. The Morgan fingerprint density at radius 2 is 1.66 bits per heavy atom. The summed E-state index contributed by atoms with van der Waals surface area (Å²) in [6.07, 6.45) is 0. The molecule has 6 heteroatoms. The fourth-order valence-corrected chi connectivity index (χ4v) is 4.24. The Labute approximate surface area is 191 Å². The van der Waals surface area contributed by atoms with Crippen LogP contribution in [0, 0.1) is 6.92 Å². The Morgan fingerprint density at radius 3 is 2.38 bits per heavy atom. The maximum Gasteiger partial charge on any atom is 0.251 e. The summed E-state index contributed by atoms with van der Waals surface area (Å²) in [7, 11) is 3.25. The van der Waals surface area contributed by atoms with E-state index in [4.69, 9.17) is 14.5 Å². The van der Waals surface area contributed by atoms with Gasteiger partial charge in [-0.3, -0.25) is 4.79 Å². The predicted molar refractivity (Wildman–Crippen MR) is 128 cm³/mol. The minimum absolute atomic E-state index is 0.0633. The minimum atomic E-state index is -0.0633. The van der Waals surface area contributed by atoms with Crippen molar-refractivity contribution < 1.29 is 14.3 Å². The number of amides is 1. The highest BCUT2D eigenvalue weighted by molar-refractivity contribution is 7.13. The van der Waals surface area contributed by atoms with E-state index in [0.717, 1.165) is 33.0 Å². The zero-order chi connectivity index (χ0) is 22.5. The molecule has 0 atom stereocenters. The normalized spacial score (nSPS) is 10.6. The summed E-state index contributed by atoms with van der Waals surface area (Å²) in [4.78, 5) is 17.2. The maximum absolute atomic E-state index is 12.4. The van der Waals surface area contributed by atoms with E-state index in [1.54, 1.807) is 25.6 Å². The van der Waals surface area contributed by atoms with Gasteiger partial charge in [0.1, 0.15) is 5.01 Å². The van der Waals surface area contributed by atoms with Gasteiger partial charge in [-0.15, -0.1) is 11.3 Å². The third-order valence-electron chi connectivity index (χ3n) is 5.23. The van der Waals surface area contributed by atoms with Crippen LogP contribution in [0.4, 0.5) is 0 Å². The van der Waals surface area contributed by atoms with E-state index >= 15 is 0 Å². The molecule has 32 heavy (non-hydrogen) atoms. The van der Waals surface area contributed by atoms with Gasteiger partial charge >= 0.3 is 0 Å². The number of ether oxygens (including phenoxy) is 2. The number of nitrogens with zero attached hydrogens (tertiary/aromatic N) is 1. The summed E-state index contributed by atoms with van der Waals surface area (Å²) >= 11 is 1.59. The molecule has 0 bridgehead atoms. The van der Waals surface area contributed by atoms with Crippen molar-refractivity contribution in [2.24, 2.45) is 0 Å². The summed E-state index contributed by atoms with van der Waals surface area (Å²) in [5, 5.41) is 5.96. The topological polar surface area (TPSA) is 60.5 Å². The van der Waals surface area contributed by atoms with Crippen molar-refractivity contribution in [3.8, 4) is 33.3 Å². The number of methoxy groups -OCH3 is 2. The molecule has 1 heterocycles. The number of benzene rings is 3. The average molecular weight is 445 g/mol. The highest BCUT2D eigenvalue weighted by Gasteiger charge is 2.11. The van der Waals surface area contributed by atoms with Crippen LogP contribution in [0.1, 0.15) is 21.5 Å². The Balaban J connectivity index is 1.44. The standard InChI is InChI=1S/C26H24N2O3S/c1-17-6-4-5-7-21(17)25(29)27-15-18-8-10-19(11-9-18)26-28-22(16-32-26)20-12-13-23(30-2)24(14-20)31-3/h4-14,16H,15H2,1-3H3,(H,27,29). The van der Waals surface area contributed by atoms with E-state index in [1.807, 2.05) is 79.0 Å².